The number of nitrogens with two attached hydrogens (primary N) is 1. The van der Waals surface area contributed by atoms with Crippen molar-refractivity contribution >= 4 is 0 Å². The number of rotatable bonds is 0. The summed E-state index contributed by atoms with van der Waals surface area (Å²) in [7, 11) is 0. The van der Waals surface area contributed by atoms with Crippen molar-refractivity contribution in [3.05, 3.63) is 0 Å². The van der Waals surface area contributed by atoms with Gasteiger partial charge in [-0.2, -0.15) is 0 Å². The van der Waals surface area contributed by atoms with Crippen molar-refractivity contribution in [2.24, 2.45) is 23.5 Å². The van der Waals surface area contributed by atoms with E-state index in [4.69, 9.17) is 5.73 Å². The van der Waals surface area contributed by atoms with E-state index in [9.17, 15) is 5.11 Å². The highest BCUT2D eigenvalue weighted by molar-refractivity contribution is 4.92. The van der Waals surface area contributed by atoms with Gasteiger partial charge in [-0.15, -0.1) is 0 Å². The molecule has 0 radical (unpaired) electrons. The monoisotopic (exact) mass is 169 g/mol. The van der Waals surface area contributed by atoms with Crippen LogP contribution in [0.15, 0.2) is 0 Å². The molecule has 2 saturated carbocycles. The Labute approximate surface area is 74.1 Å². The molecule has 12 heavy (non-hydrogen) atoms. The first-order valence-corrected chi connectivity index (χ1v) is 5.10. The smallest absolute Gasteiger partial charge is 0.0546 e. The lowest BCUT2D eigenvalue weighted by Gasteiger charge is -2.44. The van der Waals surface area contributed by atoms with E-state index in [2.05, 4.69) is 6.92 Å². The highest BCUT2D eigenvalue weighted by Crippen LogP contribution is 2.41. The van der Waals surface area contributed by atoms with E-state index in [1.54, 1.807) is 0 Å². The van der Waals surface area contributed by atoms with Gasteiger partial charge in [0.2, 0.25) is 0 Å². The minimum atomic E-state index is -0.0627. The zero-order valence-corrected chi connectivity index (χ0v) is 7.74. The lowest BCUT2D eigenvalue weighted by Crippen LogP contribution is -2.47. The summed E-state index contributed by atoms with van der Waals surface area (Å²) in [4.78, 5) is 0. The number of aliphatic hydroxyl groups excluding tert-OH is 1. The van der Waals surface area contributed by atoms with E-state index in [0.717, 1.165) is 18.8 Å². The zero-order chi connectivity index (χ0) is 8.72. The molecule has 2 aliphatic carbocycles. The Bertz CT molecular complexity index is 167. The Morgan fingerprint density at radius 3 is 2.67 bits per heavy atom. The molecule has 3 N–H and O–H groups in total. The Morgan fingerprint density at radius 2 is 1.92 bits per heavy atom. The van der Waals surface area contributed by atoms with Crippen LogP contribution >= 0.6 is 0 Å². The zero-order valence-electron chi connectivity index (χ0n) is 7.74. The van der Waals surface area contributed by atoms with Crippen LogP contribution in [0, 0.1) is 17.8 Å². The largest absolute Gasteiger partial charge is 0.393 e. The van der Waals surface area contributed by atoms with Gasteiger partial charge < -0.3 is 10.8 Å². The van der Waals surface area contributed by atoms with Crippen LogP contribution in [0.5, 0.6) is 0 Å². The molecule has 2 heteroatoms. The van der Waals surface area contributed by atoms with Crippen LogP contribution < -0.4 is 5.73 Å². The predicted octanol–water partition coefficient (Wildman–Crippen LogP) is 1.13. The molecule has 0 saturated heterocycles. The third kappa shape index (κ3) is 1.38. The van der Waals surface area contributed by atoms with Gasteiger partial charge in [-0.25, -0.2) is 0 Å². The van der Waals surface area contributed by atoms with E-state index >= 15 is 0 Å². The minimum Gasteiger partial charge on any atom is -0.393 e. The van der Waals surface area contributed by atoms with Crippen molar-refractivity contribution in [2.75, 3.05) is 0 Å². The summed E-state index contributed by atoms with van der Waals surface area (Å²) in [6, 6.07) is 0.344. The van der Waals surface area contributed by atoms with Crippen LogP contribution in [-0.2, 0) is 0 Å². The lowest BCUT2D eigenvalue weighted by molar-refractivity contribution is 0.0185. The molecule has 2 nitrogen and oxygen atoms in total. The Morgan fingerprint density at radius 1 is 1.17 bits per heavy atom. The third-order valence-electron chi connectivity index (χ3n) is 3.72. The maximum absolute atomic E-state index is 9.56. The van der Waals surface area contributed by atoms with Crippen LogP contribution in [0.1, 0.15) is 32.6 Å². The first kappa shape index (κ1) is 8.52. The molecule has 0 aromatic rings. The highest BCUT2D eigenvalue weighted by atomic mass is 16.3. The summed E-state index contributed by atoms with van der Waals surface area (Å²) >= 11 is 0. The summed E-state index contributed by atoms with van der Waals surface area (Å²) in [5.74, 6) is 2.03. The summed E-state index contributed by atoms with van der Waals surface area (Å²) in [5, 5.41) is 9.56. The average molecular weight is 169 g/mol. The fourth-order valence-corrected chi connectivity index (χ4v) is 3.11. The summed E-state index contributed by atoms with van der Waals surface area (Å²) in [5.41, 5.74) is 6.08. The molecule has 5 atom stereocenters. The Kier molecular flexibility index (Phi) is 2.13. The van der Waals surface area contributed by atoms with Crippen molar-refractivity contribution in [1.29, 1.82) is 0 Å². The van der Waals surface area contributed by atoms with Crippen molar-refractivity contribution in [2.45, 2.75) is 44.8 Å². The molecule has 0 aliphatic heterocycles. The molecule has 0 aromatic carbocycles. The van der Waals surface area contributed by atoms with E-state index in [0.29, 0.717) is 17.9 Å². The van der Waals surface area contributed by atoms with E-state index in [1.807, 2.05) is 0 Å². The van der Waals surface area contributed by atoms with Gasteiger partial charge >= 0.3 is 0 Å². The van der Waals surface area contributed by atoms with E-state index in [1.165, 1.54) is 12.8 Å². The van der Waals surface area contributed by atoms with Gasteiger partial charge in [0.15, 0.2) is 0 Å². The summed E-state index contributed by atoms with van der Waals surface area (Å²) < 4.78 is 0. The molecule has 0 spiro atoms. The van der Waals surface area contributed by atoms with Crippen molar-refractivity contribution in [3.8, 4) is 0 Å². The standard InChI is InChI=1S/C10H19NO/c1-6-2-7-3-8(10(6)11)5-9(12)4-7/h6-10,12H,2-5,11H2,1H3/t6?,7?,8?,9-,10+/m1/s1. The second-order valence-corrected chi connectivity index (χ2v) is 4.78. The number of fused-ring (bicyclic) bond motifs is 2. The van der Waals surface area contributed by atoms with Gasteiger partial charge in [-0.3, -0.25) is 0 Å². The Balaban J connectivity index is 2.07. The second-order valence-electron chi connectivity index (χ2n) is 4.78. The average Bonchev–Trinajstić information content (AvgIpc) is 1.99. The van der Waals surface area contributed by atoms with Crippen molar-refractivity contribution in [3.63, 3.8) is 0 Å². The van der Waals surface area contributed by atoms with Gasteiger partial charge in [0, 0.05) is 6.04 Å². The Hall–Kier alpha value is -0.0800. The van der Waals surface area contributed by atoms with Crippen LogP contribution in [0.3, 0.4) is 0 Å². The first-order chi connectivity index (χ1) is 5.66. The predicted molar refractivity (Wildman–Crippen MR) is 48.6 cm³/mol. The minimum absolute atomic E-state index is 0.0627. The van der Waals surface area contributed by atoms with E-state index < -0.39 is 0 Å². The molecule has 0 amide bonds. The van der Waals surface area contributed by atoms with Crippen LogP contribution in [0.4, 0.5) is 0 Å². The third-order valence-corrected chi connectivity index (χ3v) is 3.72. The lowest BCUT2D eigenvalue weighted by atomic mass is 9.65. The molecule has 2 rings (SSSR count). The molecule has 2 bridgehead atoms. The van der Waals surface area contributed by atoms with Gasteiger partial charge in [-0.1, -0.05) is 6.92 Å². The first-order valence-electron chi connectivity index (χ1n) is 5.10. The number of hydrogen-bond acceptors (Lipinski definition) is 2. The number of hydrogen-bond donors (Lipinski definition) is 2. The maximum atomic E-state index is 9.56. The summed E-state index contributed by atoms with van der Waals surface area (Å²) in [6.45, 7) is 2.25. The quantitative estimate of drug-likeness (QED) is 0.571. The van der Waals surface area contributed by atoms with E-state index in [-0.39, 0.29) is 6.10 Å². The molecule has 0 aromatic heterocycles. The SMILES string of the molecule is CC1CC2CC(C[C@H](O)C2)[C@H]1N. The van der Waals surface area contributed by atoms with Gasteiger partial charge in [0.1, 0.15) is 0 Å². The molecule has 70 valence electrons. The molecule has 2 aliphatic rings. The maximum Gasteiger partial charge on any atom is 0.0546 e. The van der Waals surface area contributed by atoms with Gasteiger partial charge in [0.25, 0.3) is 0 Å². The van der Waals surface area contributed by atoms with Gasteiger partial charge in [-0.05, 0) is 43.4 Å². The van der Waals surface area contributed by atoms with Crippen LogP contribution in [0.2, 0.25) is 0 Å². The normalized spacial score (nSPS) is 53.8. The molecule has 2 fully saturated rings. The molecule has 0 heterocycles. The fourth-order valence-electron chi connectivity index (χ4n) is 3.11. The van der Waals surface area contributed by atoms with Gasteiger partial charge in [0.05, 0.1) is 6.10 Å². The number of aliphatic hydroxyl groups is 1. The molecular formula is C10H19NO. The highest BCUT2D eigenvalue weighted by Gasteiger charge is 2.38. The topological polar surface area (TPSA) is 46.2 Å². The fraction of sp³-hybridized carbons (Fsp3) is 1.00. The van der Waals surface area contributed by atoms with Crippen LogP contribution in [0.25, 0.3) is 0 Å². The molecule has 3 unspecified atom stereocenters. The summed E-state index contributed by atoms with van der Waals surface area (Å²) in [6.07, 6.45) is 4.40. The van der Waals surface area contributed by atoms with Crippen molar-refractivity contribution < 1.29 is 5.11 Å². The molecular weight excluding hydrogens is 150 g/mol. The second kappa shape index (κ2) is 3.00. The van der Waals surface area contributed by atoms with Crippen LogP contribution in [-0.4, -0.2) is 17.3 Å². The van der Waals surface area contributed by atoms with Crippen molar-refractivity contribution in [1.82, 2.24) is 0 Å².